The van der Waals surface area contributed by atoms with E-state index >= 15 is 0 Å². The lowest BCUT2D eigenvalue weighted by Gasteiger charge is -2.18. The maximum atomic E-state index is 13.2. The molecular weight excluding hydrogens is 346 g/mol. The van der Waals surface area contributed by atoms with Crippen LogP contribution in [0, 0.1) is 11.6 Å². The van der Waals surface area contributed by atoms with E-state index in [-0.39, 0.29) is 23.5 Å². The molecule has 144 valence electrons. The molecule has 5 heteroatoms. The summed E-state index contributed by atoms with van der Waals surface area (Å²) in [5.74, 6) is -0.507. The second kappa shape index (κ2) is 11.2. The van der Waals surface area contributed by atoms with Crippen LogP contribution in [0.3, 0.4) is 0 Å². The first-order chi connectivity index (χ1) is 13.1. The van der Waals surface area contributed by atoms with Gasteiger partial charge < -0.3 is 11.1 Å². The minimum absolute atomic E-state index is 0.0109. The van der Waals surface area contributed by atoms with E-state index in [0.29, 0.717) is 19.5 Å². The van der Waals surface area contributed by atoms with Crippen LogP contribution in [0.5, 0.6) is 0 Å². The fourth-order valence-corrected chi connectivity index (χ4v) is 2.99. The van der Waals surface area contributed by atoms with Crippen LogP contribution in [0.15, 0.2) is 60.7 Å². The summed E-state index contributed by atoms with van der Waals surface area (Å²) in [6.07, 6.45) is 6.48. The molecule has 0 aromatic heterocycles. The number of amides is 1. The zero-order chi connectivity index (χ0) is 19.5. The summed E-state index contributed by atoms with van der Waals surface area (Å²) < 4.78 is 26.5. The van der Waals surface area contributed by atoms with Gasteiger partial charge in [0.25, 0.3) is 0 Å². The summed E-state index contributed by atoms with van der Waals surface area (Å²) >= 11 is 0. The number of hydrogen-bond acceptors (Lipinski definition) is 2. The average molecular weight is 372 g/mol. The number of carbonyl (C=O) groups is 1. The monoisotopic (exact) mass is 372 g/mol. The van der Waals surface area contributed by atoms with E-state index in [9.17, 15) is 13.6 Å². The first-order valence-corrected chi connectivity index (χ1v) is 9.23. The Balaban J connectivity index is 1.91. The van der Waals surface area contributed by atoms with Gasteiger partial charge in [0.1, 0.15) is 11.6 Å². The van der Waals surface area contributed by atoms with Gasteiger partial charge in [-0.2, -0.15) is 0 Å². The van der Waals surface area contributed by atoms with Gasteiger partial charge in [0.05, 0.1) is 0 Å². The molecule has 0 aliphatic carbocycles. The minimum atomic E-state index is -0.281. The quantitative estimate of drug-likeness (QED) is 0.483. The van der Waals surface area contributed by atoms with Crippen LogP contribution in [0.25, 0.3) is 0 Å². The van der Waals surface area contributed by atoms with Gasteiger partial charge in [0, 0.05) is 25.4 Å². The Morgan fingerprint density at radius 3 is 2.00 bits per heavy atom. The van der Waals surface area contributed by atoms with Gasteiger partial charge >= 0.3 is 0 Å². The summed E-state index contributed by atoms with van der Waals surface area (Å²) in [7, 11) is 0. The molecule has 0 atom stereocenters. The Bertz CT molecular complexity index is 681. The molecule has 3 nitrogen and oxygen atoms in total. The highest BCUT2D eigenvalue weighted by molar-refractivity contribution is 5.75. The Hall–Kier alpha value is -2.53. The highest BCUT2D eigenvalue weighted by Gasteiger charge is 2.14. The number of carbonyl (C=O) groups excluding carboxylic acids is 1. The molecule has 0 saturated carbocycles. The molecule has 0 aliphatic rings. The van der Waals surface area contributed by atoms with E-state index in [1.165, 1.54) is 24.3 Å². The number of hydrogen-bond donors (Lipinski definition) is 2. The van der Waals surface area contributed by atoms with Crippen molar-refractivity contribution in [2.24, 2.45) is 5.73 Å². The van der Waals surface area contributed by atoms with Crippen molar-refractivity contribution in [3.8, 4) is 0 Å². The highest BCUT2D eigenvalue weighted by atomic mass is 19.1. The van der Waals surface area contributed by atoms with Crippen molar-refractivity contribution in [1.82, 2.24) is 5.32 Å². The van der Waals surface area contributed by atoms with Gasteiger partial charge in [-0.25, -0.2) is 8.78 Å². The fraction of sp³-hybridized carbons (Fsp3) is 0.318. The Morgan fingerprint density at radius 2 is 1.48 bits per heavy atom. The molecule has 0 saturated heterocycles. The molecule has 2 aromatic rings. The lowest BCUT2D eigenvalue weighted by Crippen LogP contribution is -2.23. The molecule has 3 N–H and O–H groups in total. The van der Waals surface area contributed by atoms with Crippen molar-refractivity contribution in [2.75, 3.05) is 13.1 Å². The van der Waals surface area contributed by atoms with Crippen molar-refractivity contribution < 1.29 is 13.6 Å². The zero-order valence-electron chi connectivity index (χ0n) is 15.3. The molecular formula is C22H26F2N2O. The van der Waals surface area contributed by atoms with E-state index in [1.54, 1.807) is 30.3 Å². The van der Waals surface area contributed by atoms with Crippen molar-refractivity contribution in [1.29, 1.82) is 0 Å². The number of nitrogens with one attached hydrogen (secondary N) is 1. The van der Waals surface area contributed by atoms with Gasteiger partial charge in [-0.15, -0.1) is 0 Å². The van der Waals surface area contributed by atoms with Crippen LogP contribution in [-0.2, 0) is 4.79 Å². The third-order valence-corrected chi connectivity index (χ3v) is 4.41. The van der Waals surface area contributed by atoms with Gasteiger partial charge in [0.15, 0.2) is 0 Å². The van der Waals surface area contributed by atoms with Crippen LogP contribution in [0.4, 0.5) is 8.78 Å². The van der Waals surface area contributed by atoms with Gasteiger partial charge in [-0.05, 0) is 48.2 Å². The Morgan fingerprint density at radius 1 is 0.926 bits per heavy atom. The summed E-state index contributed by atoms with van der Waals surface area (Å²) in [5, 5.41) is 2.82. The maximum absolute atomic E-state index is 13.2. The van der Waals surface area contributed by atoms with Crippen LogP contribution in [-0.4, -0.2) is 19.0 Å². The molecule has 0 unspecified atom stereocenters. The third kappa shape index (κ3) is 7.31. The first-order valence-electron chi connectivity index (χ1n) is 9.23. The molecule has 0 radical (unpaired) electrons. The van der Waals surface area contributed by atoms with E-state index in [1.807, 2.05) is 6.08 Å². The van der Waals surface area contributed by atoms with Crippen molar-refractivity contribution >= 4 is 5.91 Å². The van der Waals surface area contributed by atoms with Gasteiger partial charge in [0.2, 0.25) is 5.91 Å². The fourth-order valence-electron chi connectivity index (χ4n) is 2.99. The standard InChI is InChI=1S/C22H26F2N2O/c23-19-11-7-17(8-12-19)21(18-9-13-20(24)14-10-18)5-1-2-6-22(27)26-16-4-3-15-25/h3-4,7-14,21H,1-2,5-6,15-16,25H2,(H,26,27)/b4-3+. The van der Waals surface area contributed by atoms with Crippen LogP contribution < -0.4 is 11.1 Å². The zero-order valence-corrected chi connectivity index (χ0v) is 15.3. The molecule has 27 heavy (non-hydrogen) atoms. The molecule has 2 rings (SSSR count). The molecule has 0 heterocycles. The van der Waals surface area contributed by atoms with E-state index < -0.39 is 0 Å². The minimum Gasteiger partial charge on any atom is -0.353 e. The summed E-state index contributed by atoms with van der Waals surface area (Å²) in [6, 6.07) is 12.8. The van der Waals surface area contributed by atoms with E-state index in [0.717, 1.165) is 30.4 Å². The SMILES string of the molecule is NC/C=C/CNC(=O)CCCCC(c1ccc(F)cc1)c1ccc(F)cc1. The smallest absolute Gasteiger partial charge is 0.220 e. The normalized spacial score (nSPS) is 11.3. The average Bonchev–Trinajstić information content (AvgIpc) is 2.67. The van der Waals surface area contributed by atoms with E-state index in [2.05, 4.69) is 5.32 Å². The number of nitrogens with two attached hydrogens (primary N) is 1. The van der Waals surface area contributed by atoms with Crippen molar-refractivity contribution in [2.45, 2.75) is 31.6 Å². The second-order valence-electron chi connectivity index (χ2n) is 6.41. The third-order valence-electron chi connectivity index (χ3n) is 4.41. The van der Waals surface area contributed by atoms with Crippen LogP contribution in [0.1, 0.15) is 42.7 Å². The predicted octanol–water partition coefficient (Wildman–Crippen LogP) is 4.29. The molecule has 2 aromatic carbocycles. The van der Waals surface area contributed by atoms with Gasteiger partial charge in [-0.1, -0.05) is 42.8 Å². The molecule has 0 fully saturated rings. The highest BCUT2D eigenvalue weighted by Crippen LogP contribution is 2.30. The second-order valence-corrected chi connectivity index (χ2v) is 6.41. The molecule has 0 spiro atoms. The summed E-state index contributed by atoms with van der Waals surface area (Å²) in [5.41, 5.74) is 7.31. The number of rotatable bonds is 10. The topological polar surface area (TPSA) is 55.1 Å². The number of unbranched alkanes of at least 4 members (excludes halogenated alkanes) is 1. The predicted molar refractivity (Wildman–Crippen MR) is 104 cm³/mol. The van der Waals surface area contributed by atoms with Gasteiger partial charge in [-0.3, -0.25) is 4.79 Å². The summed E-state index contributed by atoms with van der Waals surface area (Å²) in [4.78, 5) is 11.8. The van der Waals surface area contributed by atoms with Crippen LogP contribution in [0.2, 0.25) is 0 Å². The Labute approximate surface area is 159 Å². The Kier molecular flexibility index (Phi) is 8.65. The van der Waals surface area contributed by atoms with Crippen molar-refractivity contribution in [3.05, 3.63) is 83.4 Å². The maximum Gasteiger partial charge on any atom is 0.220 e. The van der Waals surface area contributed by atoms with E-state index in [4.69, 9.17) is 5.73 Å². The molecule has 1 amide bonds. The lowest BCUT2D eigenvalue weighted by atomic mass is 9.87. The molecule has 0 aliphatic heterocycles. The largest absolute Gasteiger partial charge is 0.353 e. The van der Waals surface area contributed by atoms with Crippen LogP contribution >= 0.6 is 0 Å². The number of benzene rings is 2. The number of halogens is 2. The molecule has 0 bridgehead atoms. The lowest BCUT2D eigenvalue weighted by molar-refractivity contribution is -0.121. The first kappa shape index (κ1) is 20.8. The summed E-state index contributed by atoms with van der Waals surface area (Å²) in [6.45, 7) is 0.952. The van der Waals surface area contributed by atoms with Crippen molar-refractivity contribution in [3.63, 3.8) is 0 Å².